The van der Waals surface area contributed by atoms with Crippen LogP contribution in [-0.2, 0) is 14.6 Å². The topological polar surface area (TPSA) is 55.4 Å². The van der Waals surface area contributed by atoms with E-state index in [1.165, 1.54) is 6.26 Å². The molecule has 0 spiro atoms. The van der Waals surface area contributed by atoms with Gasteiger partial charge in [0.25, 0.3) is 0 Å². The van der Waals surface area contributed by atoms with E-state index in [1.807, 2.05) is 0 Å². The van der Waals surface area contributed by atoms with E-state index < -0.39 is 9.84 Å². The lowest BCUT2D eigenvalue weighted by atomic mass is 10.2. The number of rotatable bonds is 11. The van der Waals surface area contributed by atoms with Crippen molar-refractivity contribution < 1.29 is 13.2 Å². The summed E-state index contributed by atoms with van der Waals surface area (Å²) in [4.78, 5) is 0. The molecule has 0 fully saturated rings. The maximum absolute atomic E-state index is 11.3. The van der Waals surface area contributed by atoms with Gasteiger partial charge in [-0.1, -0.05) is 20.3 Å². The summed E-state index contributed by atoms with van der Waals surface area (Å²) in [5.74, 6) is 0.199. The van der Waals surface area contributed by atoms with Crippen LogP contribution in [0.2, 0.25) is 0 Å². The van der Waals surface area contributed by atoms with Gasteiger partial charge in [-0.25, -0.2) is 8.42 Å². The number of unbranched alkanes of at least 4 members (excludes halogenated alkanes) is 1. The molecule has 0 aliphatic carbocycles. The SMILES string of the molecule is CCCCOCCC(CS(C)(=O)=O)NCCC. The largest absolute Gasteiger partial charge is 0.381 e. The summed E-state index contributed by atoms with van der Waals surface area (Å²) in [5, 5.41) is 3.26. The van der Waals surface area contributed by atoms with Crippen molar-refractivity contribution in [3.63, 3.8) is 0 Å². The first kappa shape index (κ1) is 16.9. The molecule has 5 heteroatoms. The fourth-order valence-corrected chi connectivity index (χ4v) is 2.55. The Balaban J connectivity index is 3.85. The van der Waals surface area contributed by atoms with Crippen molar-refractivity contribution in [1.82, 2.24) is 5.32 Å². The molecule has 0 bridgehead atoms. The van der Waals surface area contributed by atoms with Crippen molar-refractivity contribution in [1.29, 1.82) is 0 Å². The van der Waals surface area contributed by atoms with Crippen LogP contribution in [0, 0.1) is 0 Å². The summed E-state index contributed by atoms with van der Waals surface area (Å²) in [5.41, 5.74) is 0. The minimum Gasteiger partial charge on any atom is -0.381 e. The van der Waals surface area contributed by atoms with Gasteiger partial charge in [0.05, 0.1) is 5.75 Å². The quantitative estimate of drug-likeness (QED) is 0.577. The molecule has 17 heavy (non-hydrogen) atoms. The summed E-state index contributed by atoms with van der Waals surface area (Å²) in [6, 6.07) is 0.0200. The van der Waals surface area contributed by atoms with Gasteiger partial charge in [-0.05, 0) is 25.8 Å². The van der Waals surface area contributed by atoms with Gasteiger partial charge in [0.2, 0.25) is 0 Å². The third-order valence-electron chi connectivity index (χ3n) is 2.44. The molecule has 0 aromatic heterocycles. The van der Waals surface area contributed by atoms with Gasteiger partial charge in [-0.3, -0.25) is 0 Å². The Hall–Kier alpha value is -0.130. The molecule has 1 atom stereocenters. The zero-order valence-corrected chi connectivity index (χ0v) is 12.2. The molecule has 1 N–H and O–H groups in total. The molecule has 0 saturated carbocycles. The molecular formula is C12H27NO3S. The number of ether oxygens (including phenoxy) is 1. The lowest BCUT2D eigenvalue weighted by Crippen LogP contribution is -2.36. The van der Waals surface area contributed by atoms with E-state index in [-0.39, 0.29) is 11.8 Å². The molecule has 0 aliphatic heterocycles. The smallest absolute Gasteiger partial charge is 0.148 e. The Labute approximate surface area is 106 Å². The normalized spacial score (nSPS) is 13.8. The molecule has 0 saturated heterocycles. The molecule has 0 amide bonds. The van der Waals surface area contributed by atoms with Crippen molar-refractivity contribution in [2.75, 3.05) is 31.8 Å². The molecular weight excluding hydrogens is 238 g/mol. The van der Waals surface area contributed by atoms with Crippen LogP contribution in [0.15, 0.2) is 0 Å². The maximum Gasteiger partial charge on any atom is 0.148 e. The lowest BCUT2D eigenvalue weighted by Gasteiger charge is -2.17. The number of hydrogen-bond acceptors (Lipinski definition) is 4. The van der Waals surface area contributed by atoms with Crippen LogP contribution in [-0.4, -0.2) is 46.2 Å². The minimum absolute atomic E-state index is 0.0200. The second-order valence-electron chi connectivity index (χ2n) is 4.50. The van der Waals surface area contributed by atoms with E-state index in [2.05, 4.69) is 19.2 Å². The molecule has 0 heterocycles. The fourth-order valence-electron chi connectivity index (χ4n) is 1.53. The Morgan fingerprint density at radius 2 is 1.88 bits per heavy atom. The predicted octanol–water partition coefficient (Wildman–Crippen LogP) is 1.61. The Kier molecular flexibility index (Phi) is 9.78. The first-order valence-corrected chi connectivity index (χ1v) is 8.54. The predicted molar refractivity (Wildman–Crippen MR) is 72.1 cm³/mol. The lowest BCUT2D eigenvalue weighted by molar-refractivity contribution is 0.123. The van der Waals surface area contributed by atoms with Crippen molar-refractivity contribution >= 4 is 9.84 Å². The minimum atomic E-state index is -2.92. The van der Waals surface area contributed by atoms with Crippen LogP contribution < -0.4 is 5.32 Å². The summed E-state index contributed by atoms with van der Waals surface area (Å²) in [6.45, 7) is 6.46. The number of nitrogens with one attached hydrogen (secondary N) is 1. The summed E-state index contributed by atoms with van der Waals surface area (Å²) < 4.78 is 28.0. The second-order valence-corrected chi connectivity index (χ2v) is 6.68. The van der Waals surface area contributed by atoms with Crippen LogP contribution >= 0.6 is 0 Å². The van der Waals surface area contributed by atoms with Crippen LogP contribution in [0.25, 0.3) is 0 Å². The molecule has 1 unspecified atom stereocenters. The van der Waals surface area contributed by atoms with Gasteiger partial charge in [0.15, 0.2) is 0 Å². The molecule has 0 rings (SSSR count). The highest BCUT2D eigenvalue weighted by molar-refractivity contribution is 7.90. The van der Waals surface area contributed by atoms with Crippen LogP contribution in [0.4, 0.5) is 0 Å². The van der Waals surface area contributed by atoms with Crippen molar-refractivity contribution in [2.24, 2.45) is 0 Å². The highest BCUT2D eigenvalue weighted by Gasteiger charge is 2.14. The zero-order valence-electron chi connectivity index (χ0n) is 11.4. The molecule has 104 valence electrons. The van der Waals surface area contributed by atoms with E-state index >= 15 is 0 Å². The second kappa shape index (κ2) is 9.85. The Morgan fingerprint density at radius 3 is 2.41 bits per heavy atom. The Bertz CT molecular complexity index is 265. The highest BCUT2D eigenvalue weighted by atomic mass is 32.2. The van der Waals surface area contributed by atoms with E-state index in [4.69, 9.17) is 4.74 Å². The van der Waals surface area contributed by atoms with Gasteiger partial charge in [-0.2, -0.15) is 0 Å². The fraction of sp³-hybridized carbons (Fsp3) is 1.00. The molecule has 0 aliphatic rings. The zero-order chi connectivity index (χ0) is 13.1. The number of sulfone groups is 1. The van der Waals surface area contributed by atoms with Gasteiger partial charge in [0.1, 0.15) is 9.84 Å². The summed E-state index contributed by atoms with van der Waals surface area (Å²) in [7, 11) is -2.92. The molecule has 0 aromatic carbocycles. The third kappa shape index (κ3) is 12.1. The first-order valence-electron chi connectivity index (χ1n) is 6.48. The third-order valence-corrected chi connectivity index (χ3v) is 3.45. The maximum atomic E-state index is 11.3. The van der Waals surface area contributed by atoms with E-state index in [0.717, 1.165) is 38.8 Å². The average molecular weight is 265 g/mol. The summed E-state index contributed by atoms with van der Waals surface area (Å²) in [6.07, 6.45) is 5.25. The van der Waals surface area contributed by atoms with E-state index in [0.29, 0.717) is 6.61 Å². The first-order chi connectivity index (χ1) is 7.99. The van der Waals surface area contributed by atoms with Crippen LogP contribution in [0.5, 0.6) is 0 Å². The van der Waals surface area contributed by atoms with Crippen LogP contribution in [0.3, 0.4) is 0 Å². The summed E-state index contributed by atoms with van der Waals surface area (Å²) >= 11 is 0. The van der Waals surface area contributed by atoms with E-state index in [9.17, 15) is 8.42 Å². The molecule has 4 nitrogen and oxygen atoms in total. The van der Waals surface area contributed by atoms with Gasteiger partial charge < -0.3 is 10.1 Å². The average Bonchev–Trinajstić information content (AvgIpc) is 2.23. The highest BCUT2D eigenvalue weighted by Crippen LogP contribution is 1.99. The van der Waals surface area contributed by atoms with Crippen molar-refractivity contribution in [2.45, 2.75) is 45.6 Å². The molecule has 0 aromatic rings. The monoisotopic (exact) mass is 265 g/mol. The number of hydrogen-bond donors (Lipinski definition) is 1. The van der Waals surface area contributed by atoms with Gasteiger partial charge in [0, 0.05) is 25.5 Å². The van der Waals surface area contributed by atoms with Gasteiger partial charge in [-0.15, -0.1) is 0 Å². The van der Waals surface area contributed by atoms with Crippen molar-refractivity contribution in [3.8, 4) is 0 Å². The van der Waals surface area contributed by atoms with Crippen LogP contribution in [0.1, 0.15) is 39.5 Å². The molecule has 0 radical (unpaired) electrons. The standard InChI is InChI=1S/C12H27NO3S/c1-4-6-9-16-10-7-12(13-8-5-2)11-17(3,14)15/h12-13H,4-11H2,1-3H3. The van der Waals surface area contributed by atoms with Gasteiger partial charge >= 0.3 is 0 Å². The Morgan fingerprint density at radius 1 is 1.18 bits per heavy atom. The van der Waals surface area contributed by atoms with Crippen molar-refractivity contribution in [3.05, 3.63) is 0 Å². The van der Waals surface area contributed by atoms with E-state index in [1.54, 1.807) is 0 Å².